The molecule has 0 N–H and O–H groups in total. The minimum absolute atomic E-state index is 0.160. The van der Waals surface area contributed by atoms with Crippen LogP contribution in [0.3, 0.4) is 0 Å². The standard InChI is InChI=1S/C17H19F3O/c18-17(19,20)15-5-2-11(3-6-15)9-16(21)10-14-8-12-1-4-13(14)7-12/h2-3,5-6,12-14H,1,4,7-10H2. The molecular weight excluding hydrogens is 277 g/mol. The van der Waals surface area contributed by atoms with E-state index in [-0.39, 0.29) is 12.2 Å². The minimum atomic E-state index is -4.31. The third-order valence-electron chi connectivity index (χ3n) is 5.06. The highest BCUT2D eigenvalue weighted by atomic mass is 19.4. The van der Waals surface area contributed by atoms with Crippen LogP contribution in [0.2, 0.25) is 0 Å². The summed E-state index contributed by atoms with van der Waals surface area (Å²) in [6.45, 7) is 0. The third-order valence-corrected chi connectivity index (χ3v) is 5.06. The Bertz CT molecular complexity index is 518. The highest BCUT2D eigenvalue weighted by Gasteiger charge is 2.39. The molecule has 114 valence electrons. The van der Waals surface area contributed by atoms with E-state index < -0.39 is 11.7 Å². The number of alkyl halides is 3. The van der Waals surface area contributed by atoms with Gasteiger partial charge in [-0.1, -0.05) is 18.6 Å². The molecule has 4 heteroatoms. The van der Waals surface area contributed by atoms with Gasteiger partial charge in [0, 0.05) is 12.8 Å². The summed E-state index contributed by atoms with van der Waals surface area (Å²) >= 11 is 0. The Morgan fingerprint density at radius 1 is 1.10 bits per heavy atom. The van der Waals surface area contributed by atoms with Gasteiger partial charge in [-0.25, -0.2) is 0 Å². The molecule has 0 aliphatic heterocycles. The molecule has 2 fully saturated rings. The summed E-state index contributed by atoms with van der Waals surface area (Å²) < 4.78 is 37.4. The SMILES string of the molecule is O=C(Cc1ccc(C(F)(F)F)cc1)CC1CC2CCC1C2. The van der Waals surface area contributed by atoms with Crippen LogP contribution in [0.15, 0.2) is 24.3 Å². The molecule has 2 bridgehead atoms. The number of benzene rings is 1. The van der Waals surface area contributed by atoms with Crippen molar-refractivity contribution in [1.29, 1.82) is 0 Å². The highest BCUT2D eigenvalue weighted by Crippen LogP contribution is 2.49. The van der Waals surface area contributed by atoms with Gasteiger partial charge in [0.05, 0.1) is 5.56 Å². The van der Waals surface area contributed by atoms with Crippen LogP contribution < -0.4 is 0 Å². The molecule has 0 heterocycles. The second-order valence-electron chi connectivity index (χ2n) is 6.55. The first-order valence-corrected chi connectivity index (χ1v) is 7.59. The van der Waals surface area contributed by atoms with Crippen LogP contribution in [0.1, 0.15) is 43.2 Å². The summed E-state index contributed by atoms with van der Waals surface area (Å²) in [7, 11) is 0. The lowest BCUT2D eigenvalue weighted by Gasteiger charge is -2.20. The van der Waals surface area contributed by atoms with E-state index in [0.29, 0.717) is 23.8 Å². The number of hydrogen-bond acceptors (Lipinski definition) is 1. The summed E-state index contributed by atoms with van der Waals surface area (Å²) in [4.78, 5) is 12.1. The van der Waals surface area contributed by atoms with E-state index in [4.69, 9.17) is 0 Å². The van der Waals surface area contributed by atoms with Gasteiger partial charge in [0.15, 0.2) is 0 Å². The van der Waals surface area contributed by atoms with Gasteiger partial charge < -0.3 is 0 Å². The van der Waals surface area contributed by atoms with Crippen molar-refractivity contribution in [2.24, 2.45) is 17.8 Å². The fourth-order valence-electron chi connectivity index (χ4n) is 4.03. The molecular formula is C17H19F3O. The van der Waals surface area contributed by atoms with Crippen molar-refractivity contribution in [3.05, 3.63) is 35.4 Å². The minimum Gasteiger partial charge on any atom is -0.299 e. The second kappa shape index (κ2) is 5.47. The number of rotatable bonds is 4. The Balaban J connectivity index is 1.55. The zero-order valence-electron chi connectivity index (χ0n) is 11.8. The molecule has 0 amide bonds. The van der Waals surface area contributed by atoms with Crippen molar-refractivity contribution in [1.82, 2.24) is 0 Å². The van der Waals surface area contributed by atoms with Gasteiger partial charge in [0.25, 0.3) is 0 Å². The Labute approximate surface area is 122 Å². The van der Waals surface area contributed by atoms with Crippen LogP contribution in [0.25, 0.3) is 0 Å². The van der Waals surface area contributed by atoms with Crippen LogP contribution in [0.4, 0.5) is 13.2 Å². The number of carbonyl (C=O) groups is 1. The van der Waals surface area contributed by atoms with Crippen LogP contribution >= 0.6 is 0 Å². The number of carbonyl (C=O) groups excluding carboxylic acids is 1. The lowest BCUT2D eigenvalue weighted by molar-refractivity contribution is -0.137. The molecule has 0 spiro atoms. The average molecular weight is 296 g/mol. The third kappa shape index (κ3) is 3.30. The molecule has 0 saturated heterocycles. The summed E-state index contributed by atoms with van der Waals surface area (Å²) in [6, 6.07) is 4.95. The van der Waals surface area contributed by atoms with Gasteiger partial charge in [0.1, 0.15) is 5.78 Å². The maximum atomic E-state index is 12.5. The molecule has 1 nitrogen and oxygen atoms in total. The van der Waals surface area contributed by atoms with Crippen LogP contribution in [0, 0.1) is 17.8 Å². The van der Waals surface area contributed by atoms with Gasteiger partial charge in [-0.05, 0) is 54.7 Å². The molecule has 2 aliphatic carbocycles. The van der Waals surface area contributed by atoms with Crippen molar-refractivity contribution in [3.8, 4) is 0 Å². The summed E-state index contributed by atoms with van der Waals surface area (Å²) in [5.74, 6) is 2.21. The van der Waals surface area contributed by atoms with E-state index in [1.807, 2.05) is 0 Å². The summed E-state index contributed by atoms with van der Waals surface area (Å²) in [5.41, 5.74) is 0.0166. The molecule has 1 aromatic carbocycles. The average Bonchev–Trinajstić information content (AvgIpc) is 3.00. The maximum Gasteiger partial charge on any atom is 0.416 e. The van der Waals surface area contributed by atoms with Crippen molar-refractivity contribution < 1.29 is 18.0 Å². The lowest BCUT2D eigenvalue weighted by atomic mass is 9.84. The monoisotopic (exact) mass is 296 g/mol. The van der Waals surface area contributed by atoms with Crippen molar-refractivity contribution >= 4 is 5.78 Å². The molecule has 3 unspecified atom stereocenters. The van der Waals surface area contributed by atoms with Crippen molar-refractivity contribution in [2.45, 2.75) is 44.7 Å². The number of hydrogen-bond donors (Lipinski definition) is 0. The molecule has 3 rings (SSSR count). The number of halogens is 3. The first kappa shape index (κ1) is 14.6. The Hall–Kier alpha value is -1.32. The number of Topliss-reactive ketones (excluding diaryl/α,β-unsaturated/α-hetero) is 1. The van der Waals surface area contributed by atoms with E-state index in [9.17, 15) is 18.0 Å². The molecule has 0 radical (unpaired) electrons. The topological polar surface area (TPSA) is 17.1 Å². The first-order valence-electron chi connectivity index (χ1n) is 7.59. The molecule has 1 aromatic rings. The molecule has 21 heavy (non-hydrogen) atoms. The number of fused-ring (bicyclic) bond motifs is 2. The van der Waals surface area contributed by atoms with Crippen LogP contribution in [-0.2, 0) is 17.4 Å². The fourth-order valence-corrected chi connectivity index (χ4v) is 4.03. The normalized spacial score (nSPS) is 28.0. The number of ketones is 1. The van der Waals surface area contributed by atoms with E-state index in [0.717, 1.165) is 18.1 Å². The largest absolute Gasteiger partial charge is 0.416 e. The lowest BCUT2D eigenvalue weighted by Crippen LogP contribution is -2.16. The van der Waals surface area contributed by atoms with E-state index in [2.05, 4.69) is 0 Å². The van der Waals surface area contributed by atoms with E-state index >= 15 is 0 Å². The molecule has 2 aliphatic rings. The quantitative estimate of drug-likeness (QED) is 0.791. The Kier molecular flexibility index (Phi) is 3.80. The van der Waals surface area contributed by atoms with Gasteiger partial charge in [-0.2, -0.15) is 13.2 Å². The van der Waals surface area contributed by atoms with E-state index in [1.165, 1.54) is 37.8 Å². The summed E-state index contributed by atoms with van der Waals surface area (Å²) in [5, 5.41) is 0. The Morgan fingerprint density at radius 3 is 2.33 bits per heavy atom. The molecule has 3 atom stereocenters. The van der Waals surface area contributed by atoms with Gasteiger partial charge in [-0.3, -0.25) is 4.79 Å². The fraction of sp³-hybridized carbons (Fsp3) is 0.588. The maximum absolute atomic E-state index is 12.5. The zero-order valence-corrected chi connectivity index (χ0v) is 11.8. The predicted octanol–water partition coefficient (Wildman–Crippen LogP) is 4.64. The van der Waals surface area contributed by atoms with Crippen LogP contribution in [0.5, 0.6) is 0 Å². The van der Waals surface area contributed by atoms with Gasteiger partial charge in [-0.15, -0.1) is 0 Å². The zero-order chi connectivity index (χ0) is 15.0. The molecule has 2 saturated carbocycles. The van der Waals surface area contributed by atoms with Crippen molar-refractivity contribution in [3.63, 3.8) is 0 Å². The highest BCUT2D eigenvalue weighted by molar-refractivity contribution is 5.81. The first-order chi connectivity index (χ1) is 9.91. The van der Waals surface area contributed by atoms with Crippen molar-refractivity contribution in [2.75, 3.05) is 0 Å². The second-order valence-corrected chi connectivity index (χ2v) is 6.55. The van der Waals surface area contributed by atoms with Crippen LogP contribution in [-0.4, -0.2) is 5.78 Å². The predicted molar refractivity (Wildman–Crippen MR) is 73.7 cm³/mol. The van der Waals surface area contributed by atoms with Gasteiger partial charge in [0.2, 0.25) is 0 Å². The summed E-state index contributed by atoms with van der Waals surface area (Å²) in [6.07, 6.45) is 1.55. The molecule has 0 aromatic heterocycles. The van der Waals surface area contributed by atoms with Gasteiger partial charge >= 0.3 is 6.18 Å². The van der Waals surface area contributed by atoms with E-state index in [1.54, 1.807) is 0 Å². The Morgan fingerprint density at radius 2 is 1.81 bits per heavy atom. The smallest absolute Gasteiger partial charge is 0.299 e.